The summed E-state index contributed by atoms with van der Waals surface area (Å²) in [4.78, 5) is 19.1. The highest BCUT2D eigenvalue weighted by Crippen LogP contribution is 2.36. The summed E-state index contributed by atoms with van der Waals surface area (Å²) in [6.07, 6.45) is -0.180. The number of hydrogen-bond acceptors (Lipinski definition) is 2. The summed E-state index contributed by atoms with van der Waals surface area (Å²) in [6.45, 7) is 0.852. The van der Waals surface area contributed by atoms with E-state index in [0.29, 0.717) is 6.54 Å². The lowest BCUT2D eigenvalue weighted by Crippen LogP contribution is -2.25. The number of carbonyl (C=O) groups excluding carboxylic acids is 1. The van der Waals surface area contributed by atoms with E-state index in [-0.39, 0.29) is 30.5 Å². The number of rotatable bonds is 5. The number of benzene rings is 3. The fourth-order valence-corrected chi connectivity index (χ4v) is 4.44. The highest BCUT2D eigenvalue weighted by molar-refractivity contribution is 5.96. The van der Waals surface area contributed by atoms with E-state index in [1.165, 1.54) is 11.0 Å². The van der Waals surface area contributed by atoms with Gasteiger partial charge in [0.15, 0.2) is 0 Å². The van der Waals surface area contributed by atoms with E-state index in [1.54, 1.807) is 6.07 Å². The molecule has 172 valence electrons. The molecule has 1 saturated heterocycles. The van der Waals surface area contributed by atoms with Gasteiger partial charge < -0.3 is 9.47 Å². The van der Waals surface area contributed by atoms with Crippen LogP contribution in [0.15, 0.2) is 84.9 Å². The van der Waals surface area contributed by atoms with E-state index in [9.17, 15) is 18.0 Å². The van der Waals surface area contributed by atoms with Crippen molar-refractivity contribution < 1.29 is 18.0 Å². The molecular weight excluding hydrogens is 439 g/mol. The molecule has 0 unspecified atom stereocenters. The Morgan fingerprint density at radius 3 is 2.53 bits per heavy atom. The molecule has 1 aromatic heterocycles. The van der Waals surface area contributed by atoms with Gasteiger partial charge in [-0.1, -0.05) is 60.7 Å². The molecule has 0 N–H and O–H groups in total. The molecule has 1 aliphatic heterocycles. The van der Waals surface area contributed by atoms with Gasteiger partial charge in [0.2, 0.25) is 5.91 Å². The van der Waals surface area contributed by atoms with E-state index >= 15 is 0 Å². The number of halogens is 3. The first kappa shape index (κ1) is 21.9. The zero-order valence-corrected chi connectivity index (χ0v) is 18.2. The van der Waals surface area contributed by atoms with Crippen molar-refractivity contribution in [2.24, 2.45) is 0 Å². The molecule has 0 radical (unpaired) electrons. The third-order valence-electron chi connectivity index (χ3n) is 6.06. The molecule has 3 aromatic carbocycles. The van der Waals surface area contributed by atoms with Crippen molar-refractivity contribution in [1.29, 1.82) is 0 Å². The molecule has 7 heteroatoms. The van der Waals surface area contributed by atoms with Crippen molar-refractivity contribution in [3.63, 3.8) is 0 Å². The minimum absolute atomic E-state index is 0.196. The highest BCUT2D eigenvalue weighted by Gasteiger charge is 2.36. The maximum atomic E-state index is 13.2. The second kappa shape index (κ2) is 8.82. The Morgan fingerprint density at radius 1 is 0.971 bits per heavy atom. The van der Waals surface area contributed by atoms with Crippen molar-refractivity contribution in [3.8, 4) is 0 Å². The monoisotopic (exact) mass is 461 g/mol. The first-order valence-electron chi connectivity index (χ1n) is 11.0. The van der Waals surface area contributed by atoms with Gasteiger partial charge in [0.1, 0.15) is 5.82 Å². The number of amides is 1. The Bertz CT molecular complexity index is 1360. The average Bonchev–Trinajstić information content (AvgIpc) is 3.40. The number of allylic oxidation sites excluding steroid dienone is 1. The molecule has 0 spiro atoms. The lowest BCUT2D eigenvalue weighted by molar-refractivity contribution is -0.137. The summed E-state index contributed by atoms with van der Waals surface area (Å²) in [7, 11) is 0. The molecule has 1 fully saturated rings. The first-order valence-corrected chi connectivity index (χ1v) is 11.0. The van der Waals surface area contributed by atoms with E-state index in [2.05, 4.69) is 4.57 Å². The molecule has 4 aromatic rings. The average molecular weight is 461 g/mol. The second-order valence-electron chi connectivity index (χ2n) is 8.34. The Hall–Kier alpha value is -3.87. The van der Waals surface area contributed by atoms with Crippen LogP contribution >= 0.6 is 0 Å². The van der Waals surface area contributed by atoms with Crippen molar-refractivity contribution in [1.82, 2.24) is 9.55 Å². The number of imidazole rings is 1. The zero-order valence-electron chi connectivity index (χ0n) is 18.2. The number of aromatic nitrogens is 2. The molecule has 0 saturated carbocycles. The molecule has 1 aliphatic rings. The molecule has 0 aliphatic carbocycles. The van der Waals surface area contributed by atoms with Crippen LogP contribution in [-0.2, 0) is 17.5 Å². The van der Waals surface area contributed by atoms with Crippen LogP contribution in [0.2, 0.25) is 0 Å². The fourth-order valence-electron chi connectivity index (χ4n) is 4.44. The molecule has 4 nitrogen and oxygen atoms in total. The largest absolute Gasteiger partial charge is 0.416 e. The molecule has 2 heterocycles. The first-order chi connectivity index (χ1) is 16.4. The van der Waals surface area contributed by atoms with Gasteiger partial charge in [0.25, 0.3) is 0 Å². The minimum atomic E-state index is -4.46. The van der Waals surface area contributed by atoms with E-state index in [1.807, 2.05) is 66.7 Å². The number of alkyl halides is 3. The topological polar surface area (TPSA) is 38.1 Å². The summed E-state index contributed by atoms with van der Waals surface area (Å²) in [6, 6.07) is 22.7. The van der Waals surface area contributed by atoms with Crippen LogP contribution in [0.4, 0.5) is 18.9 Å². The van der Waals surface area contributed by atoms with Crippen LogP contribution in [-0.4, -0.2) is 22.0 Å². The lowest BCUT2D eigenvalue weighted by Gasteiger charge is -2.18. The Kier molecular flexibility index (Phi) is 5.69. The molecule has 0 bridgehead atoms. The van der Waals surface area contributed by atoms with Crippen molar-refractivity contribution in [2.45, 2.75) is 25.1 Å². The smallest absolute Gasteiger partial charge is 0.324 e. The third kappa shape index (κ3) is 4.33. The van der Waals surface area contributed by atoms with Gasteiger partial charge >= 0.3 is 6.18 Å². The predicted octanol–water partition coefficient (Wildman–Crippen LogP) is 6.29. The molecule has 1 amide bonds. The van der Waals surface area contributed by atoms with Crippen LogP contribution in [0.3, 0.4) is 0 Å². The standard InChI is InChI=1S/C27H22F3N3O/c28-27(29,30)21-11-6-12-22(17-21)33-18-20(16-25(33)34)26-31-23-13-4-5-14-24(23)32(26)15-7-10-19-8-2-1-3-9-19/h1-14,17,20H,15-16,18H2/b10-7+/t20-/m1/s1. The van der Waals surface area contributed by atoms with Gasteiger partial charge in [-0.05, 0) is 35.9 Å². The Morgan fingerprint density at radius 2 is 1.74 bits per heavy atom. The molecular formula is C27H22F3N3O. The summed E-state index contributed by atoms with van der Waals surface area (Å²) < 4.78 is 41.6. The maximum Gasteiger partial charge on any atom is 0.416 e. The second-order valence-corrected chi connectivity index (χ2v) is 8.34. The zero-order chi connectivity index (χ0) is 23.7. The van der Waals surface area contributed by atoms with Crippen molar-refractivity contribution >= 4 is 28.7 Å². The fraction of sp³-hybridized carbons (Fsp3) is 0.185. The van der Waals surface area contributed by atoms with Crippen LogP contribution < -0.4 is 4.90 Å². The van der Waals surface area contributed by atoms with E-state index in [4.69, 9.17) is 4.98 Å². The van der Waals surface area contributed by atoms with Gasteiger partial charge in [-0.25, -0.2) is 4.98 Å². The van der Waals surface area contributed by atoms with Gasteiger partial charge in [0.05, 0.1) is 16.6 Å². The summed E-state index contributed by atoms with van der Waals surface area (Å²) in [5.74, 6) is 0.337. The van der Waals surface area contributed by atoms with Gasteiger partial charge in [-0.2, -0.15) is 13.2 Å². The molecule has 34 heavy (non-hydrogen) atoms. The number of anilines is 1. The molecule has 5 rings (SSSR count). The third-order valence-corrected chi connectivity index (χ3v) is 6.06. The summed E-state index contributed by atoms with van der Waals surface area (Å²) in [5, 5.41) is 0. The van der Waals surface area contributed by atoms with Crippen molar-refractivity contribution in [2.75, 3.05) is 11.4 Å². The van der Waals surface area contributed by atoms with E-state index < -0.39 is 11.7 Å². The summed E-state index contributed by atoms with van der Waals surface area (Å²) >= 11 is 0. The van der Waals surface area contributed by atoms with Gasteiger partial charge in [-0.15, -0.1) is 0 Å². The van der Waals surface area contributed by atoms with Gasteiger partial charge in [0, 0.05) is 31.1 Å². The Labute approximate surface area is 195 Å². The van der Waals surface area contributed by atoms with Crippen LogP contribution in [0.1, 0.15) is 29.3 Å². The van der Waals surface area contributed by atoms with Crippen LogP contribution in [0.25, 0.3) is 17.1 Å². The number of fused-ring (bicyclic) bond motifs is 1. The maximum absolute atomic E-state index is 13.2. The lowest BCUT2D eigenvalue weighted by atomic mass is 10.1. The van der Waals surface area contributed by atoms with Crippen LogP contribution in [0, 0.1) is 0 Å². The quantitative estimate of drug-likeness (QED) is 0.350. The Balaban J connectivity index is 1.45. The number of hydrogen-bond donors (Lipinski definition) is 0. The van der Waals surface area contributed by atoms with Crippen molar-refractivity contribution in [3.05, 3.63) is 102 Å². The van der Waals surface area contributed by atoms with Gasteiger partial charge in [-0.3, -0.25) is 4.79 Å². The van der Waals surface area contributed by atoms with Crippen LogP contribution in [0.5, 0.6) is 0 Å². The number of nitrogens with zero attached hydrogens (tertiary/aromatic N) is 3. The SMILES string of the molecule is O=C1C[C@@H](c2nc3ccccc3n2C/C=C/c2ccccc2)CN1c1cccc(C(F)(F)F)c1. The minimum Gasteiger partial charge on any atom is -0.324 e. The number of para-hydroxylation sites is 2. The highest BCUT2D eigenvalue weighted by atomic mass is 19.4. The normalized spacial score (nSPS) is 16.7. The predicted molar refractivity (Wildman–Crippen MR) is 126 cm³/mol. The van der Waals surface area contributed by atoms with E-state index in [0.717, 1.165) is 34.6 Å². The molecule has 1 atom stereocenters. The summed E-state index contributed by atoms with van der Waals surface area (Å²) in [5.41, 5.74) is 2.37. The number of carbonyl (C=O) groups is 1.